The fourth-order valence-corrected chi connectivity index (χ4v) is 5.01. The zero-order valence-corrected chi connectivity index (χ0v) is 18.6. The quantitative estimate of drug-likeness (QED) is 0.414. The van der Waals surface area contributed by atoms with Gasteiger partial charge in [0.1, 0.15) is 0 Å². The predicted molar refractivity (Wildman–Crippen MR) is 123 cm³/mol. The van der Waals surface area contributed by atoms with Crippen molar-refractivity contribution in [1.82, 2.24) is 4.98 Å². The molecule has 0 bridgehead atoms. The third-order valence-corrected chi connectivity index (χ3v) is 6.86. The summed E-state index contributed by atoms with van der Waals surface area (Å²) in [4.78, 5) is 20.1. The van der Waals surface area contributed by atoms with E-state index in [2.05, 4.69) is 26.0 Å². The molecule has 1 aliphatic rings. The van der Waals surface area contributed by atoms with Gasteiger partial charge in [-0.1, -0.05) is 23.5 Å². The molecular formula is C24H24N2O4S. The zero-order chi connectivity index (χ0) is 21.5. The van der Waals surface area contributed by atoms with Gasteiger partial charge >= 0.3 is 0 Å². The molecule has 1 atom stereocenters. The number of hydrogen-bond donors (Lipinski definition) is 0. The number of thiazole rings is 1. The van der Waals surface area contributed by atoms with E-state index in [1.165, 1.54) is 22.5 Å². The first kappa shape index (κ1) is 20.0. The molecule has 2 aromatic carbocycles. The smallest absolute Gasteiger partial charge is 0.295 e. The number of para-hydroxylation sites is 1. The van der Waals surface area contributed by atoms with Crippen molar-refractivity contribution in [3.05, 3.63) is 53.3 Å². The van der Waals surface area contributed by atoms with Gasteiger partial charge in [-0.05, 0) is 62.1 Å². The number of aromatic nitrogens is 1. The van der Waals surface area contributed by atoms with E-state index in [-0.39, 0.29) is 17.8 Å². The number of anilines is 1. The minimum atomic E-state index is -0.221. The Kier molecular flexibility index (Phi) is 5.16. The number of furan rings is 1. The number of hydrogen-bond acceptors (Lipinski definition) is 6. The highest BCUT2D eigenvalue weighted by Gasteiger charge is 2.29. The first-order valence-electron chi connectivity index (χ1n) is 10.4. The van der Waals surface area contributed by atoms with Crippen LogP contribution < -0.4 is 9.64 Å². The molecule has 1 fully saturated rings. The number of methoxy groups -OCH3 is 1. The molecule has 0 saturated carbocycles. The third-order valence-electron chi connectivity index (χ3n) is 5.82. The number of nitrogens with zero attached hydrogens (tertiary/aromatic N) is 2. The summed E-state index contributed by atoms with van der Waals surface area (Å²) < 4.78 is 18.2. The minimum Gasteiger partial charge on any atom is -0.493 e. The van der Waals surface area contributed by atoms with Crippen LogP contribution in [0.5, 0.6) is 5.75 Å². The lowest BCUT2D eigenvalue weighted by atomic mass is 10.1. The van der Waals surface area contributed by atoms with E-state index in [0.717, 1.165) is 35.1 Å². The molecule has 5 rings (SSSR count). The molecule has 1 unspecified atom stereocenters. The highest BCUT2D eigenvalue weighted by Crippen LogP contribution is 2.34. The Hall–Kier alpha value is -2.90. The fourth-order valence-electron chi connectivity index (χ4n) is 3.96. The summed E-state index contributed by atoms with van der Waals surface area (Å²) in [5, 5.41) is 1.49. The highest BCUT2D eigenvalue weighted by atomic mass is 32.1. The molecule has 31 heavy (non-hydrogen) atoms. The number of fused-ring (bicyclic) bond motifs is 2. The standard InChI is InChI=1S/C24H24N2O4S/c1-14-10-18-21(11-15(14)2)31-24(25-18)26(13-17-7-5-9-29-17)23(27)20-12-16-6-4-8-19(28-3)22(16)30-20/h4,6,8,10-12,17H,5,7,9,13H2,1-3H3. The molecule has 0 N–H and O–H groups in total. The Morgan fingerprint density at radius 2 is 2.10 bits per heavy atom. The molecule has 1 saturated heterocycles. The van der Waals surface area contributed by atoms with Gasteiger partial charge in [0.05, 0.1) is 30.0 Å². The number of benzene rings is 2. The molecule has 0 aliphatic carbocycles. The third kappa shape index (κ3) is 3.68. The van der Waals surface area contributed by atoms with Crippen LogP contribution in [0.25, 0.3) is 21.2 Å². The number of aryl methyl sites for hydroxylation is 2. The van der Waals surface area contributed by atoms with Crippen LogP contribution in [0.4, 0.5) is 5.13 Å². The van der Waals surface area contributed by atoms with Gasteiger partial charge < -0.3 is 13.9 Å². The van der Waals surface area contributed by atoms with Crippen molar-refractivity contribution in [2.75, 3.05) is 25.2 Å². The van der Waals surface area contributed by atoms with Crippen LogP contribution in [0, 0.1) is 13.8 Å². The Balaban J connectivity index is 1.56. The molecule has 1 amide bonds. The van der Waals surface area contributed by atoms with E-state index < -0.39 is 0 Å². The fraction of sp³-hybridized carbons (Fsp3) is 0.333. The second-order valence-electron chi connectivity index (χ2n) is 7.94. The van der Waals surface area contributed by atoms with Crippen LogP contribution in [-0.4, -0.2) is 37.3 Å². The molecule has 2 aromatic heterocycles. The maximum absolute atomic E-state index is 13.6. The summed E-state index contributed by atoms with van der Waals surface area (Å²) in [5.41, 5.74) is 3.87. The van der Waals surface area contributed by atoms with Crippen molar-refractivity contribution in [2.24, 2.45) is 0 Å². The number of rotatable bonds is 5. The summed E-state index contributed by atoms with van der Waals surface area (Å²) in [6.45, 7) is 5.34. The molecule has 7 heteroatoms. The lowest BCUT2D eigenvalue weighted by Crippen LogP contribution is -2.37. The summed E-state index contributed by atoms with van der Waals surface area (Å²) >= 11 is 1.52. The molecule has 0 spiro atoms. The van der Waals surface area contributed by atoms with Crippen LogP contribution in [0.3, 0.4) is 0 Å². The van der Waals surface area contributed by atoms with Crippen molar-refractivity contribution < 1.29 is 18.7 Å². The largest absolute Gasteiger partial charge is 0.493 e. The number of ether oxygens (including phenoxy) is 2. The lowest BCUT2D eigenvalue weighted by molar-refractivity contribution is 0.0896. The maximum Gasteiger partial charge on any atom is 0.295 e. The van der Waals surface area contributed by atoms with Crippen LogP contribution in [0.2, 0.25) is 0 Å². The van der Waals surface area contributed by atoms with Gasteiger partial charge in [0.15, 0.2) is 22.2 Å². The van der Waals surface area contributed by atoms with Crippen molar-refractivity contribution in [3.8, 4) is 5.75 Å². The number of carbonyl (C=O) groups excluding carboxylic acids is 1. The van der Waals surface area contributed by atoms with Crippen molar-refractivity contribution in [1.29, 1.82) is 0 Å². The topological polar surface area (TPSA) is 64.8 Å². The molecular weight excluding hydrogens is 412 g/mol. The van der Waals surface area contributed by atoms with Gasteiger partial charge in [-0.3, -0.25) is 9.69 Å². The monoisotopic (exact) mass is 436 g/mol. The Morgan fingerprint density at radius 1 is 1.26 bits per heavy atom. The minimum absolute atomic E-state index is 0.00153. The first-order valence-corrected chi connectivity index (χ1v) is 11.2. The zero-order valence-electron chi connectivity index (χ0n) is 17.8. The SMILES string of the molecule is COc1cccc2cc(C(=O)N(CC3CCCO3)c3nc4cc(C)c(C)cc4s3)oc12. The Bertz CT molecular complexity index is 1230. The average molecular weight is 437 g/mol. The van der Waals surface area contributed by atoms with Crippen LogP contribution in [0.15, 0.2) is 40.8 Å². The maximum atomic E-state index is 13.6. The van der Waals surface area contributed by atoms with E-state index in [1.54, 1.807) is 18.1 Å². The lowest BCUT2D eigenvalue weighted by Gasteiger charge is -2.22. The van der Waals surface area contributed by atoms with Crippen molar-refractivity contribution >= 4 is 43.6 Å². The summed E-state index contributed by atoms with van der Waals surface area (Å²) in [5.74, 6) is 0.651. The van der Waals surface area contributed by atoms with Crippen molar-refractivity contribution in [3.63, 3.8) is 0 Å². The number of carbonyl (C=O) groups is 1. The number of amides is 1. The molecule has 6 nitrogen and oxygen atoms in total. The molecule has 160 valence electrons. The molecule has 4 aromatic rings. The average Bonchev–Trinajstić information content (AvgIpc) is 3.50. The van der Waals surface area contributed by atoms with Gasteiger partial charge in [0.2, 0.25) is 0 Å². The molecule has 1 aliphatic heterocycles. The van der Waals surface area contributed by atoms with Crippen LogP contribution in [0.1, 0.15) is 34.5 Å². The Labute approximate surface area is 184 Å². The van der Waals surface area contributed by atoms with E-state index in [0.29, 0.717) is 23.0 Å². The summed E-state index contributed by atoms with van der Waals surface area (Å²) in [6, 6.07) is 11.6. The van der Waals surface area contributed by atoms with E-state index in [9.17, 15) is 4.79 Å². The Morgan fingerprint density at radius 3 is 2.87 bits per heavy atom. The highest BCUT2D eigenvalue weighted by molar-refractivity contribution is 7.22. The summed E-state index contributed by atoms with van der Waals surface area (Å²) in [7, 11) is 1.59. The second-order valence-corrected chi connectivity index (χ2v) is 8.95. The summed E-state index contributed by atoms with van der Waals surface area (Å²) in [6.07, 6.45) is 1.94. The molecule has 3 heterocycles. The first-order chi connectivity index (χ1) is 15.0. The second kappa shape index (κ2) is 7.98. The van der Waals surface area contributed by atoms with E-state index in [1.807, 2.05) is 18.2 Å². The van der Waals surface area contributed by atoms with Gasteiger partial charge in [-0.25, -0.2) is 4.98 Å². The van der Waals surface area contributed by atoms with Gasteiger partial charge in [0, 0.05) is 12.0 Å². The van der Waals surface area contributed by atoms with Crippen LogP contribution in [-0.2, 0) is 4.74 Å². The van der Waals surface area contributed by atoms with E-state index in [4.69, 9.17) is 18.9 Å². The van der Waals surface area contributed by atoms with Gasteiger partial charge in [-0.2, -0.15) is 0 Å². The predicted octanol–water partition coefficient (Wildman–Crippen LogP) is 5.49. The van der Waals surface area contributed by atoms with Gasteiger partial charge in [-0.15, -0.1) is 0 Å². The molecule has 0 radical (unpaired) electrons. The van der Waals surface area contributed by atoms with Crippen LogP contribution >= 0.6 is 11.3 Å². The van der Waals surface area contributed by atoms with E-state index >= 15 is 0 Å². The van der Waals surface area contributed by atoms with Crippen molar-refractivity contribution in [2.45, 2.75) is 32.8 Å². The van der Waals surface area contributed by atoms with Gasteiger partial charge in [0.25, 0.3) is 5.91 Å². The normalized spacial score (nSPS) is 16.3.